The predicted molar refractivity (Wildman–Crippen MR) is 101 cm³/mol. The van der Waals surface area contributed by atoms with Gasteiger partial charge < -0.3 is 20.1 Å². The molecular formula is C19H19N3O3S. The van der Waals surface area contributed by atoms with Crippen LogP contribution in [0.3, 0.4) is 0 Å². The van der Waals surface area contributed by atoms with Gasteiger partial charge in [0.25, 0.3) is 0 Å². The molecule has 1 saturated heterocycles. The van der Waals surface area contributed by atoms with E-state index in [0.717, 1.165) is 26.4 Å². The number of thiazole rings is 1. The van der Waals surface area contributed by atoms with Crippen molar-refractivity contribution in [3.63, 3.8) is 0 Å². The fraction of sp³-hybridized carbons (Fsp3) is 0.263. The Kier molecular flexibility index (Phi) is 4.48. The molecule has 2 heterocycles. The van der Waals surface area contributed by atoms with Crippen LogP contribution in [0.1, 0.15) is 11.0 Å². The van der Waals surface area contributed by atoms with E-state index in [1.165, 1.54) is 0 Å². The zero-order valence-electron chi connectivity index (χ0n) is 14.3. The Labute approximate surface area is 155 Å². The fourth-order valence-corrected chi connectivity index (χ4v) is 4.44. The van der Waals surface area contributed by atoms with Crippen LogP contribution >= 0.6 is 11.3 Å². The molecule has 0 spiro atoms. The first kappa shape index (κ1) is 16.8. The van der Waals surface area contributed by atoms with Gasteiger partial charge in [0.2, 0.25) is 0 Å². The van der Waals surface area contributed by atoms with Crippen molar-refractivity contribution in [2.75, 3.05) is 26.9 Å². The molecule has 2 aromatic carbocycles. The smallest absolute Gasteiger partial charge is 0.315 e. The number of rotatable bonds is 3. The first-order chi connectivity index (χ1) is 12.7. The van der Waals surface area contributed by atoms with Crippen molar-refractivity contribution in [2.24, 2.45) is 5.73 Å². The van der Waals surface area contributed by atoms with Gasteiger partial charge in [0.15, 0.2) is 0 Å². The van der Waals surface area contributed by atoms with E-state index >= 15 is 0 Å². The minimum absolute atomic E-state index is 0.271. The van der Waals surface area contributed by atoms with Crippen LogP contribution in [0.4, 0.5) is 4.79 Å². The number of carbonyl (C=O) groups excluding carboxylic acids is 1. The topological polar surface area (TPSA) is 77.7 Å². The number of nitrogens with zero attached hydrogens (tertiary/aromatic N) is 2. The number of urea groups is 1. The van der Waals surface area contributed by atoms with Crippen LogP contribution in [0.5, 0.6) is 5.75 Å². The first-order valence-corrected chi connectivity index (χ1v) is 9.17. The molecule has 1 fully saturated rings. The highest BCUT2D eigenvalue weighted by molar-refractivity contribution is 7.19. The minimum atomic E-state index is -0.451. The number of ether oxygens (including phenoxy) is 2. The average Bonchev–Trinajstić information content (AvgIpc) is 3.13. The van der Waals surface area contributed by atoms with E-state index in [1.54, 1.807) is 23.3 Å². The van der Waals surface area contributed by atoms with Crippen LogP contribution in [-0.4, -0.2) is 42.8 Å². The number of aromatic nitrogens is 1. The standard InChI is InChI=1S/C19H19N3O3S/c1-24-15-8-7-13(12-5-3-2-4-6-12)17-16(15)21-18(26-17)14-11-25-10-9-22(14)19(20)23/h2-8,14H,9-11H2,1H3,(H2,20,23). The summed E-state index contributed by atoms with van der Waals surface area (Å²) in [7, 11) is 1.63. The molecule has 1 aliphatic rings. The first-order valence-electron chi connectivity index (χ1n) is 8.35. The number of morpholine rings is 1. The molecule has 0 aliphatic carbocycles. The van der Waals surface area contributed by atoms with E-state index < -0.39 is 6.03 Å². The second-order valence-corrected chi connectivity index (χ2v) is 7.06. The molecule has 1 aliphatic heterocycles. The van der Waals surface area contributed by atoms with Gasteiger partial charge in [-0.3, -0.25) is 0 Å². The van der Waals surface area contributed by atoms with E-state index in [1.807, 2.05) is 30.3 Å². The molecule has 0 radical (unpaired) electrons. The van der Waals surface area contributed by atoms with E-state index in [0.29, 0.717) is 25.5 Å². The van der Waals surface area contributed by atoms with Crippen molar-refractivity contribution in [3.05, 3.63) is 47.5 Å². The van der Waals surface area contributed by atoms with Crippen molar-refractivity contribution in [1.82, 2.24) is 9.88 Å². The SMILES string of the molecule is COc1ccc(-c2ccccc2)c2sc(C3COCCN3C(N)=O)nc12. The molecular weight excluding hydrogens is 350 g/mol. The van der Waals surface area contributed by atoms with Crippen LogP contribution in [-0.2, 0) is 4.74 Å². The second kappa shape index (κ2) is 6.93. The third-order valence-corrected chi connectivity index (χ3v) is 5.71. The Morgan fingerprint density at radius 3 is 2.85 bits per heavy atom. The molecule has 6 nitrogen and oxygen atoms in total. The Hall–Kier alpha value is -2.64. The van der Waals surface area contributed by atoms with E-state index in [4.69, 9.17) is 20.2 Å². The molecule has 1 aromatic heterocycles. The number of benzene rings is 2. The number of hydrogen-bond acceptors (Lipinski definition) is 5. The summed E-state index contributed by atoms with van der Waals surface area (Å²) in [6, 6.07) is 13.4. The van der Waals surface area contributed by atoms with Crippen LogP contribution in [0.2, 0.25) is 0 Å². The highest BCUT2D eigenvalue weighted by Crippen LogP contribution is 2.40. The van der Waals surface area contributed by atoms with Crippen molar-refractivity contribution in [3.8, 4) is 16.9 Å². The quantitative estimate of drug-likeness (QED) is 0.767. The Bertz CT molecular complexity index is 942. The summed E-state index contributed by atoms with van der Waals surface area (Å²) < 4.78 is 12.1. The summed E-state index contributed by atoms with van der Waals surface area (Å²) in [6.07, 6.45) is 0. The van der Waals surface area contributed by atoms with Crippen LogP contribution in [0.25, 0.3) is 21.3 Å². The van der Waals surface area contributed by atoms with Crippen molar-refractivity contribution >= 4 is 27.6 Å². The fourth-order valence-electron chi connectivity index (χ4n) is 3.22. The highest BCUT2D eigenvalue weighted by atomic mass is 32.1. The molecule has 26 heavy (non-hydrogen) atoms. The largest absolute Gasteiger partial charge is 0.494 e. The number of nitrogens with two attached hydrogens (primary N) is 1. The van der Waals surface area contributed by atoms with Gasteiger partial charge in [-0.1, -0.05) is 30.3 Å². The summed E-state index contributed by atoms with van der Waals surface area (Å²) >= 11 is 1.56. The molecule has 7 heteroatoms. The van der Waals surface area contributed by atoms with Gasteiger partial charge in [0, 0.05) is 12.1 Å². The molecule has 0 saturated carbocycles. The third kappa shape index (κ3) is 2.89. The minimum Gasteiger partial charge on any atom is -0.494 e. The number of methoxy groups -OCH3 is 1. The number of fused-ring (bicyclic) bond motifs is 1. The number of hydrogen-bond donors (Lipinski definition) is 1. The lowest BCUT2D eigenvalue weighted by molar-refractivity contribution is 0.0137. The lowest BCUT2D eigenvalue weighted by Gasteiger charge is -2.32. The van der Waals surface area contributed by atoms with Crippen molar-refractivity contribution in [2.45, 2.75) is 6.04 Å². The average molecular weight is 369 g/mol. The van der Waals surface area contributed by atoms with E-state index in [2.05, 4.69) is 12.1 Å². The highest BCUT2D eigenvalue weighted by Gasteiger charge is 2.30. The molecule has 2 amide bonds. The molecule has 2 N–H and O–H groups in total. The van der Waals surface area contributed by atoms with Gasteiger partial charge >= 0.3 is 6.03 Å². The number of carbonyl (C=O) groups is 1. The molecule has 4 rings (SSSR count). The van der Waals surface area contributed by atoms with Gasteiger partial charge in [0.05, 0.1) is 25.0 Å². The molecule has 1 atom stereocenters. The summed E-state index contributed by atoms with van der Waals surface area (Å²) in [5, 5.41) is 0.806. The normalized spacial score (nSPS) is 17.4. The third-order valence-electron chi connectivity index (χ3n) is 4.52. The number of amides is 2. The van der Waals surface area contributed by atoms with Crippen molar-refractivity contribution in [1.29, 1.82) is 0 Å². The zero-order valence-corrected chi connectivity index (χ0v) is 15.2. The molecule has 1 unspecified atom stereocenters. The van der Waals surface area contributed by atoms with Crippen LogP contribution in [0, 0.1) is 0 Å². The van der Waals surface area contributed by atoms with Crippen molar-refractivity contribution < 1.29 is 14.3 Å². The van der Waals surface area contributed by atoms with E-state index in [9.17, 15) is 4.79 Å². The molecule has 134 valence electrons. The maximum atomic E-state index is 11.8. The summed E-state index contributed by atoms with van der Waals surface area (Å²) in [5.41, 5.74) is 8.55. The van der Waals surface area contributed by atoms with E-state index in [-0.39, 0.29) is 6.04 Å². The maximum absolute atomic E-state index is 11.8. The lowest BCUT2D eigenvalue weighted by Crippen LogP contribution is -2.45. The zero-order chi connectivity index (χ0) is 18.1. The van der Waals surface area contributed by atoms with Gasteiger partial charge in [-0.05, 0) is 17.7 Å². The molecule has 0 bridgehead atoms. The van der Waals surface area contributed by atoms with Gasteiger partial charge in [0.1, 0.15) is 22.3 Å². The lowest BCUT2D eigenvalue weighted by atomic mass is 10.1. The maximum Gasteiger partial charge on any atom is 0.315 e. The van der Waals surface area contributed by atoms with Gasteiger partial charge in [-0.2, -0.15) is 0 Å². The summed E-state index contributed by atoms with van der Waals surface area (Å²) in [4.78, 5) is 18.2. The monoisotopic (exact) mass is 369 g/mol. The Morgan fingerprint density at radius 1 is 1.31 bits per heavy atom. The second-order valence-electron chi connectivity index (χ2n) is 6.03. The van der Waals surface area contributed by atoms with Gasteiger partial charge in [-0.25, -0.2) is 9.78 Å². The Balaban J connectivity index is 1.86. The summed E-state index contributed by atoms with van der Waals surface area (Å²) in [5.74, 6) is 0.713. The Morgan fingerprint density at radius 2 is 2.12 bits per heavy atom. The number of primary amides is 1. The van der Waals surface area contributed by atoms with Crippen LogP contribution < -0.4 is 10.5 Å². The molecule has 3 aromatic rings. The van der Waals surface area contributed by atoms with Crippen LogP contribution in [0.15, 0.2) is 42.5 Å². The predicted octanol–water partition coefficient (Wildman–Crippen LogP) is 3.42. The summed E-state index contributed by atoms with van der Waals surface area (Å²) in [6.45, 7) is 1.35. The van der Waals surface area contributed by atoms with Gasteiger partial charge in [-0.15, -0.1) is 11.3 Å².